The van der Waals surface area contributed by atoms with Gasteiger partial charge in [-0.05, 0) is 49.0 Å². The maximum Gasteiger partial charge on any atom is 0.341 e. The topological polar surface area (TPSA) is 131 Å². The molecule has 0 aromatic carbocycles. The number of urea groups is 1. The highest BCUT2D eigenvalue weighted by molar-refractivity contribution is 7.17. The third kappa shape index (κ3) is 5.75. The molecule has 1 saturated heterocycles. The van der Waals surface area contributed by atoms with Gasteiger partial charge in [-0.15, -0.1) is 22.7 Å². The molecule has 2 aliphatic rings. The van der Waals surface area contributed by atoms with Crippen molar-refractivity contribution in [1.29, 1.82) is 0 Å². The Balaban J connectivity index is 1.37. The lowest BCUT2D eigenvalue weighted by Crippen LogP contribution is -2.54. The fourth-order valence-corrected chi connectivity index (χ4v) is 7.39. The lowest BCUT2D eigenvalue weighted by atomic mass is 9.64. The molecule has 0 bridgehead atoms. The van der Waals surface area contributed by atoms with Crippen molar-refractivity contribution in [2.75, 3.05) is 25.1 Å². The monoisotopic (exact) mass is 561 g/mol. The predicted molar refractivity (Wildman–Crippen MR) is 143 cm³/mol. The smallest absolute Gasteiger partial charge is 0.341 e. The first-order valence-corrected chi connectivity index (χ1v) is 14.1. The molecule has 0 radical (unpaired) electrons. The number of rotatable bonds is 8. The molecule has 2 aromatic rings. The van der Waals surface area contributed by atoms with Crippen molar-refractivity contribution < 1.29 is 33.4 Å². The van der Waals surface area contributed by atoms with Gasteiger partial charge in [0.15, 0.2) is 6.61 Å². The van der Waals surface area contributed by atoms with Gasteiger partial charge in [-0.2, -0.15) is 0 Å². The van der Waals surface area contributed by atoms with Crippen LogP contribution in [0.25, 0.3) is 10.4 Å². The molecule has 1 spiro atoms. The summed E-state index contributed by atoms with van der Waals surface area (Å²) in [7, 11) is 0. The van der Waals surface area contributed by atoms with Crippen molar-refractivity contribution in [3.8, 4) is 10.4 Å². The highest BCUT2D eigenvalue weighted by Crippen LogP contribution is 2.46. The summed E-state index contributed by atoms with van der Waals surface area (Å²) in [6.07, 6.45) is 1.93. The van der Waals surface area contributed by atoms with Gasteiger partial charge in [0.1, 0.15) is 22.6 Å². The van der Waals surface area contributed by atoms with Crippen molar-refractivity contribution in [2.45, 2.75) is 52.5 Å². The summed E-state index contributed by atoms with van der Waals surface area (Å²) in [5.74, 6) is -2.34. The van der Waals surface area contributed by atoms with Crippen LogP contribution in [0.2, 0.25) is 0 Å². The van der Waals surface area contributed by atoms with Crippen LogP contribution < -0.4 is 10.6 Å². The molecule has 1 aliphatic carbocycles. The summed E-state index contributed by atoms with van der Waals surface area (Å²) in [4.78, 5) is 65.2. The highest BCUT2D eigenvalue weighted by Gasteiger charge is 2.56. The lowest BCUT2D eigenvalue weighted by Gasteiger charge is -2.43. The number of nitrogens with zero attached hydrogens (tertiary/aromatic N) is 1. The van der Waals surface area contributed by atoms with Crippen LogP contribution in [0, 0.1) is 11.3 Å². The first-order valence-electron chi connectivity index (χ1n) is 12.4. The van der Waals surface area contributed by atoms with Crippen LogP contribution >= 0.6 is 22.7 Å². The van der Waals surface area contributed by atoms with Crippen LogP contribution in [0.15, 0.2) is 22.9 Å². The largest absolute Gasteiger partial charge is 0.462 e. The summed E-state index contributed by atoms with van der Waals surface area (Å²) in [6, 6.07) is 3.07. The molecule has 10 nitrogen and oxygen atoms in total. The minimum atomic E-state index is -1.03. The van der Waals surface area contributed by atoms with Gasteiger partial charge in [-0.1, -0.05) is 26.8 Å². The van der Waals surface area contributed by atoms with E-state index >= 15 is 0 Å². The average molecular weight is 562 g/mol. The molecule has 0 unspecified atom stereocenters. The summed E-state index contributed by atoms with van der Waals surface area (Å²) < 4.78 is 10.2. The number of ether oxygens (including phenoxy) is 2. The second-order valence-electron chi connectivity index (χ2n) is 10.5. The molecule has 204 valence electrons. The Hall–Kier alpha value is -3.25. The van der Waals surface area contributed by atoms with Gasteiger partial charge in [-0.25, -0.2) is 9.59 Å². The molecule has 3 heterocycles. The number of carbonyl (C=O) groups is 5. The van der Waals surface area contributed by atoms with Gasteiger partial charge in [0.2, 0.25) is 0 Å². The van der Waals surface area contributed by atoms with Crippen LogP contribution in [0.5, 0.6) is 0 Å². The second-order valence-corrected chi connectivity index (χ2v) is 12.3. The third-order valence-corrected chi connectivity index (χ3v) is 8.38. The van der Waals surface area contributed by atoms with E-state index in [2.05, 4.69) is 24.5 Å². The van der Waals surface area contributed by atoms with Gasteiger partial charge >= 0.3 is 18.0 Å². The molecule has 1 saturated carbocycles. The van der Waals surface area contributed by atoms with Gasteiger partial charge in [-0.3, -0.25) is 19.3 Å². The van der Waals surface area contributed by atoms with Crippen LogP contribution in [-0.4, -0.2) is 60.0 Å². The number of nitrogens with one attached hydrogen (secondary N) is 2. The summed E-state index contributed by atoms with van der Waals surface area (Å²) in [5, 5.41) is 9.32. The first-order chi connectivity index (χ1) is 17.9. The molecule has 2 atom stereocenters. The molecule has 2 fully saturated rings. The SMILES string of the molecule is CCOC(=O)c1c(-c2cccs2)csc1NC(=O)COC(=O)CN1C(=O)N[C@]2(C[C@H](C)CC(C)(C)C2)C1=O. The molecule has 4 rings (SSSR count). The lowest BCUT2D eigenvalue weighted by molar-refractivity contribution is -0.150. The zero-order valence-corrected chi connectivity index (χ0v) is 23.4. The van der Waals surface area contributed by atoms with Crippen LogP contribution in [0.4, 0.5) is 9.80 Å². The standard InChI is InChI=1S/C26H31N3O7S2/c1-5-35-22(32)20-16(17-7-6-8-37-17)13-38-21(20)27-18(30)12-36-19(31)11-29-23(33)26(28-24(29)34)10-15(2)9-25(3,4)14-26/h6-8,13,15H,5,9-12,14H2,1-4H3,(H,27,30)(H,28,34)/t15-,26+/m1/s1. The number of hydrogen-bond donors (Lipinski definition) is 2. The van der Waals surface area contributed by atoms with Crippen molar-refractivity contribution >= 4 is 57.5 Å². The maximum absolute atomic E-state index is 13.2. The summed E-state index contributed by atoms with van der Waals surface area (Å²) >= 11 is 2.61. The highest BCUT2D eigenvalue weighted by atomic mass is 32.1. The van der Waals surface area contributed by atoms with Gasteiger partial charge in [0.05, 0.1) is 6.61 Å². The number of imide groups is 1. The van der Waals surface area contributed by atoms with Gasteiger partial charge in [0, 0.05) is 15.8 Å². The molecule has 2 N–H and O–H groups in total. The average Bonchev–Trinajstić information content (AvgIpc) is 3.53. The summed E-state index contributed by atoms with van der Waals surface area (Å²) in [6.45, 7) is 6.78. The van der Waals surface area contributed by atoms with Gasteiger partial charge < -0.3 is 20.1 Å². The fourth-order valence-electron chi connectivity index (χ4n) is 5.60. The molecule has 4 amide bonds. The van der Waals surface area contributed by atoms with Crippen molar-refractivity contribution in [3.63, 3.8) is 0 Å². The zero-order chi connectivity index (χ0) is 27.7. The first kappa shape index (κ1) is 27.8. The predicted octanol–water partition coefficient (Wildman–Crippen LogP) is 4.27. The van der Waals surface area contributed by atoms with E-state index in [1.807, 2.05) is 24.4 Å². The third-order valence-electron chi connectivity index (χ3n) is 6.59. The van der Waals surface area contributed by atoms with E-state index < -0.39 is 48.5 Å². The van der Waals surface area contributed by atoms with Crippen LogP contribution in [0.1, 0.15) is 57.3 Å². The van der Waals surface area contributed by atoms with Crippen molar-refractivity contribution in [3.05, 3.63) is 28.5 Å². The van der Waals surface area contributed by atoms with E-state index in [-0.39, 0.29) is 28.5 Å². The Morgan fingerprint density at radius 2 is 1.95 bits per heavy atom. The molecule has 2 aromatic heterocycles. The van der Waals surface area contributed by atoms with Crippen LogP contribution in [-0.2, 0) is 23.9 Å². The number of carbonyl (C=O) groups excluding carboxylic acids is 5. The Kier molecular flexibility index (Phi) is 7.93. The maximum atomic E-state index is 13.2. The van der Waals surface area contributed by atoms with E-state index in [0.717, 1.165) is 27.5 Å². The fraction of sp³-hybridized carbons (Fsp3) is 0.500. The molecular formula is C26H31N3O7S2. The van der Waals surface area contributed by atoms with Crippen molar-refractivity contribution in [1.82, 2.24) is 10.2 Å². The number of hydrogen-bond acceptors (Lipinski definition) is 9. The number of esters is 2. The quantitative estimate of drug-likeness (QED) is 0.363. The Morgan fingerprint density at radius 1 is 1.18 bits per heavy atom. The molecule has 1 aliphatic heterocycles. The Labute approximate surface area is 228 Å². The van der Waals surface area contributed by atoms with Crippen LogP contribution in [0.3, 0.4) is 0 Å². The normalized spacial score (nSPS) is 22.3. The number of amides is 4. The minimum Gasteiger partial charge on any atom is -0.462 e. The second kappa shape index (κ2) is 10.9. The van der Waals surface area contributed by atoms with E-state index in [0.29, 0.717) is 18.4 Å². The molecule has 12 heteroatoms. The number of thiophene rings is 2. The van der Waals surface area contributed by atoms with Gasteiger partial charge in [0.25, 0.3) is 11.8 Å². The Bertz CT molecular complexity index is 1250. The zero-order valence-electron chi connectivity index (χ0n) is 21.8. The minimum absolute atomic E-state index is 0.136. The van der Waals surface area contributed by atoms with E-state index in [1.54, 1.807) is 12.3 Å². The Morgan fingerprint density at radius 3 is 2.61 bits per heavy atom. The van der Waals surface area contributed by atoms with Crippen molar-refractivity contribution in [2.24, 2.45) is 11.3 Å². The molecular weight excluding hydrogens is 530 g/mol. The van der Waals surface area contributed by atoms with E-state index in [1.165, 1.54) is 11.3 Å². The van der Waals surface area contributed by atoms with E-state index in [9.17, 15) is 24.0 Å². The van der Waals surface area contributed by atoms with E-state index in [4.69, 9.17) is 9.47 Å². The molecule has 38 heavy (non-hydrogen) atoms. The number of anilines is 1. The summed E-state index contributed by atoms with van der Waals surface area (Å²) in [5.41, 5.74) is -0.293.